The Balaban J connectivity index is 1.82. The van der Waals surface area contributed by atoms with Crippen molar-refractivity contribution in [3.05, 3.63) is 0 Å². The van der Waals surface area contributed by atoms with E-state index in [1.54, 1.807) is 0 Å². The van der Waals surface area contributed by atoms with Gasteiger partial charge in [-0.25, -0.2) is 10.4 Å². The normalized spacial score (nSPS) is 26.0. The van der Waals surface area contributed by atoms with E-state index in [1.165, 1.54) is 0 Å². The van der Waals surface area contributed by atoms with E-state index >= 15 is 0 Å². The smallest absolute Gasteiger partial charge is 0.322 e. The lowest BCUT2D eigenvalue weighted by atomic mass is 10.2. The fourth-order valence-electron chi connectivity index (χ4n) is 1.68. The molecule has 5 nitrogen and oxygen atoms in total. The molecule has 2 fully saturated rings. The number of carboxylic acid groups (broad SMARTS) is 1. The van der Waals surface area contributed by atoms with E-state index in [0.717, 1.165) is 25.9 Å². The maximum atomic E-state index is 10.9. The van der Waals surface area contributed by atoms with Crippen molar-refractivity contribution in [3.8, 4) is 0 Å². The first-order valence-electron chi connectivity index (χ1n) is 5.09. The third-order valence-electron chi connectivity index (χ3n) is 2.69. The molecule has 2 aliphatic rings. The zero-order valence-corrected chi connectivity index (χ0v) is 8.11. The summed E-state index contributed by atoms with van der Waals surface area (Å²) in [5.74, 6) is -0.408. The van der Waals surface area contributed by atoms with E-state index in [4.69, 9.17) is 9.84 Å². The van der Waals surface area contributed by atoms with Crippen molar-refractivity contribution in [2.45, 2.75) is 18.9 Å². The minimum Gasteiger partial charge on any atom is -0.480 e. The number of carbonyl (C=O) groups is 1. The molecule has 0 amide bonds. The highest BCUT2D eigenvalue weighted by atomic mass is 16.5. The van der Waals surface area contributed by atoms with Gasteiger partial charge in [-0.15, -0.1) is 0 Å². The van der Waals surface area contributed by atoms with Crippen LogP contribution in [-0.4, -0.2) is 48.4 Å². The van der Waals surface area contributed by atoms with Gasteiger partial charge >= 0.3 is 5.97 Å². The monoisotopic (exact) mass is 200 g/mol. The number of ether oxygens (including phenoxy) is 1. The average Bonchev–Trinajstić information content (AvgIpc) is 2.99. The summed E-state index contributed by atoms with van der Waals surface area (Å²) < 4.78 is 5.19. The Kier molecular flexibility index (Phi) is 3.00. The van der Waals surface area contributed by atoms with Crippen LogP contribution < -0.4 is 5.43 Å². The van der Waals surface area contributed by atoms with Crippen LogP contribution in [0.4, 0.5) is 0 Å². The third-order valence-corrected chi connectivity index (χ3v) is 2.69. The molecule has 1 heterocycles. The fourth-order valence-corrected chi connectivity index (χ4v) is 1.68. The van der Waals surface area contributed by atoms with Crippen molar-refractivity contribution in [3.63, 3.8) is 0 Å². The van der Waals surface area contributed by atoms with Gasteiger partial charge in [0.2, 0.25) is 0 Å². The number of morpholine rings is 1. The maximum Gasteiger partial charge on any atom is 0.322 e. The van der Waals surface area contributed by atoms with E-state index in [-0.39, 0.29) is 0 Å². The van der Waals surface area contributed by atoms with Crippen molar-refractivity contribution in [1.82, 2.24) is 10.4 Å². The molecule has 1 saturated heterocycles. The van der Waals surface area contributed by atoms with Gasteiger partial charge in [-0.3, -0.25) is 4.79 Å². The molecule has 80 valence electrons. The maximum absolute atomic E-state index is 10.9. The minimum atomic E-state index is -0.737. The second-order valence-electron chi connectivity index (χ2n) is 3.88. The standard InChI is InChI=1S/C9H16N2O3/c12-9(13)8(7-1-2-7)10-11-3-5-14-6-4-11/h7-8,10H,1-6H2,(H,12,13). The van der Waals surface area contributed by atoms with Gasteiger partial charge in [0.15, 0.2) is 0 Å². The van der Waals surface area contributed by atoms with Crippen LogP contribution in [0.1, 0.15) is 12.8 Å². The van der Waals surface area contributed by atoms with Crippen LogP contribution in [0.15, 0.2) is 0 Å². The van der Waals surface area contributed by atoms with Crippen LogP contribution in [0.5, 0.6) is 0 Å². The Morgan fingerprint density at radius 2 is 2.07 bits per heavy atom. The third kappa shape index (κ3) is 2.43. The molecule has 5 heteroatoms. The Morgan fingerprint density at radius 1 is 1.43 bits per heavy atom. The Labute approximate surface area is 83.0 Å². The Hall–Kier alpha value is -0.650. The summed E-state index contributed by atoms with van der Waals surface area (Å²) in [4.78, 5) is 10.9. The predicted molar refractivity (Wildman–Crippen MR) is 49.7 cm³/mol. The van der Waals surface area contributed by atoms with Gasteiger partial charge in [-0.1, -0.05) is 0 Å². The first-order chi connectivity index (χ1) is 6.77. The minimum absolute atomic E-state index is 0.329. The number of aliphatic carboxylic acids is 1. The van der Waals surface area contributed by atoms with Gasteiger partial charge in [0, 0.05) is 13.1 Å². The van der Waals surface area contributed by atoms with E-state index in [2.05, 4.69) is 5.43 Å². The lowest BCUT2D eigenvalue weighted by Crippen LogP contribution is -2.53. The predicted octanol–water partition coefficient (Wildman–Crippen LogP) is -0.314. The van der Waals surface area contributed by atoms with Gasteiger partial charge in [0.25, 0.3) is 0 Å². The second kappa shape index (κ2) is 4.25. The average molecular weight is 200 g/mol. The van der Waals surface area contributed by atoms with Gasteiger partial charge in [-0.05, 0) is 18.8 Å². The van der Waals surface area contributed by atoms with Crippen LogP contribution in [-0.2, 0) is 9.53 Å². The first-order valence-corrected chi connectivity index (χ1v) is 5.09. The van der Waals surface area contributed by atoms with Gasteiger partial charge in [0.05, 0.1) is 13.2 Å². The van der Waals surface area contributed by atoms with Crippen LogP contribution in [0.25, 0.3) is 0 Å². The van der Waals surface area contributed by atoms with Gasteiger partial charge in [0.1, 0.15) is 6.04 Å². The van der Waals surface area contributed by atoms with Crippen molar-refractivity contribution in [2.75, 3.05) is 26.3 Å². The molecule has 1 aliphatic carbocycles. The molecule has 1 atom stereocenters. The van der Waals surface area contributed by atoms with Crippen molar-refractivity contribution < 1.29 is 14.6 Å². The van der Waals surface area contributed by atoms with Crippen molar-refractivity contribution >= 4 is 5.97 Å². The zero-order chi connectivity index (χ0) is 9.97. The number of rotatable bonds is 4. The zero-order valence-electron chi connectivity index (χ0n) is 8.11. The van der Waals surface area contributed by atoms with Crippen LogP contribution >= 0.6 is 0 Å². The van der Waals surface area contributed by atoms with E-state index < -0.39 is 12.0 Å². The fraction of sp³-hybridized carbons (Fsp3) is 0.889. The summed E-state index contributed by atoms with van der Waals surface area (Å²) >= 11 is 0. The molecule has 1 unspecified atom stereocenters. The number of hydrogen-bond acceptors (Lipinski definition) is 4. The summed E-state index contributed by atoms with van der Waals surface area (Å²) in [7, 11) is 0. The number of nitrogens with zero attached hydrogens (tertiary/aromatic N) is 1. The Morgan fingerprint density at radius 3 is 2.57 bits per heavy atom. The molecule has 2 N–H and O–H groups in total. The molecular formula is C9H16N2O3. The lowest BCUT2D eigenvalue weighted by molar-refractivity contribution is -0.142. The van der Waals surface area contributed by atoms with Gasteiger partial charge < -0.3 is 9.84 Å². The SMILES string of the molecule is O=C(O)C(NN1CCOCC1)C1CC1. The van der Waals surface area contributed by atoms with Crippen LogP contribution in [0, 0.1) is 5.92 Å². The molecule has 2 rings (SSSR count). The molecule has 0 aromatic rings. The Bertz CT molecular complexity index is 212. The number of hydrazine groups is 1. The number of hydrogen-bond donors (Lipinski definition) is 2. The summed E-state index contributed by atoms with van der Waals surface area (Å²) in [6.45, 7) is 2.92. The molecule has 0 aromatic heterocycles. The quantitative estimate of drug-likeness (QED) is 0.651. The molecule has 14 heavy (non-hydrogen) atoms. The first kappa shape index (κ1) is 9.89. The largest absolute Gasteiger partial charge is 0.480 e. The van der Waals surface area contributed by atoms with Crippen molar-refractivity contribution in [1.29, 1.82) is 0 Å². The highest BCUT2D eigenvalue weighted by molar-refractivity contribution is 5.74. The molecule has 0 spiro atoms. The topological polar surface area (TPSA) is 61.8 Å². The number of nitrogens with one attached hydrogen (secondary N) is 1. The van der Waals surface area contributed by atoms with Crippen LogP contribution in [0.2, 0.25) is 0 Å². The molecule has 0 bridgehead atoms. The highest BCUT2D eigenvalue weighted by Gasteiger charge is 2.37. The molecule has 0 radical (unpaired) electrons. The van der Waals surface area contributed by atoms with Crippen LogP contribution in [0.3, 0.4) is 0 Å². The van der Waals surface area contributed by atoms with E-state index in [9.17, 15) is 4.79 Å². The summed E-state index contributed by atoms with van der Waals surface area (Å²) in [6, 6.07) is -0.395. The molecule has 1 aliphatic heterocycles. The lowest BCUT2D eigenvalue weighted by Gasteiger charge is -2.30. The second-order valence-corrected chi connectivity index (χ2v) is 3.88. The molecule has 1 saturated carbocycles. The van der Waals surface area contributed by atoms with Gasteiger partial charge in [-0.2, -0.15) is 0 Å². The summed E-state index contributed by atoms with van der Waals surface area (Å²) in [6.07, 6.45) is 2.07. The van der Waals surface area contributed by atoms with E-state index in [0.29, 0.717) is 19.1 Å². The summed E-state index contributed by atoms with van der Waals surface area (Å²) in [5.41, 5.74) is 3.07. The molecular weight excluding hydrogens is 184 g/mol. The van der Waals surface area contributed by atoms with E-state index in [1.807, 2.05) is 5.01 Å². The highest BCUT2D eigenvalue weighted by Crippen LogP contribution is 2.32. The molecule has 0 aromatic carbocycles. The summed E-state index contributed by atoms with van der Waals surface area (Å²) in [5, 5.41) is 11.0. The van der Waals surface area contributed by atoms with Crippen molar-refractivity contribution in [2.24, 2.45) is 5.92 Å². The number of carboxylic acids is 1.